The zero-order chi connectivity index (χ0) is 12.8. The fourth-order valence-electron chi connectivity index (χ4n) is 1.67. The summed E-state index contributed by atoms with van der Waals surface area (Å²) in [4.78, 5) is 22.8. The van der Waals surface area contributed by atoms with Crippen LogP contribution in [0.1, 0.15) is 13.3 Å². The van der Waals surface area contributed by atoms with Gasteiger partial charge in [0.25, 0.3) is 0 Å². The summed E-state index contributed by atoms with van der Waals surface area (Å²) in [6.45, 7) is 3.54. The predicted molar refractivity (Wildman–Crippen MR) is 68.1 cm³/mol. The van der Waals surface area contributed by atoms with Gasteiger partial charge in [0, 0.05) is 5.92 Å². The molecule has 3 N–H and O–H groups in total. The minimum atomic E-state index is -0.952. The third-order valence-electron chi connectivity index (χ3n) is 3.16. The number of carbonyl (C=O) groups is 2. The van der Waals surface area contributed by atoms with E-state index in [4.69, 9.17) is 5.11 Å². The van der Waals surface area contributed by atoms with E-state index in [1.807, 2.05) is 13.2 Å². The molecule has 0 radical (unpaired) electrons. The first-order valence-electron chi connectivity index (χ1n) is 5.79. The van der Waals surface area contributed by atoms with Crippen LogP contribution in [0.15, 0.2) is 0 Å². The van der Waals surface area contributed by atoms with E-state index in [0.29, 0.717) is 12.3 Å². The van der Waals surface area contributed by atoms with Gasteiger partial charge in [-0.3, -0.25) is 4.79 Å². The molecule has 0 aromatic heterocycles. The van der Waals surface area contributed by atoms with Crippen molar-refractivity contribution in [2.75, 3.05) is 25.1 Å². The number of aliphatic carboxylic acids is 1. The lowest BCUT2D eigenvalue weighted by Crippen LogP contribution is -2.52. The molecule has 1 heterocycles. The molecule has 1 unspecified atom stereocenters. The van der Waals surface area contributed by atoms with Gasteiger partial charge in [0.05, 0.1) is 0 Å². The van der Waals surface area contributed by atoms with Crippen molar-refractivity contribution in [3.05, 3.63) is 0 Å². The largest absolute Gasteiger partial charge is 0.480 e. The molecule has 0 aromatic carbocycles. The molecule has 1 rings (SSSR count). The predicted octanol–water partition coefficient (Wildman–Crippen LogP) is 0.164. The number of rotatable bonds is 7. The summed E-state index contributed by atoms with van der Waals surface area (Å²) in [5, 5.41) is 14.7. The van der Waals surface area contributed by atoms with Crippen molar-refractivity contribution in [1.82, 2.24) is 10.6 Å². The van der Waals surface area contributed by atoms with Gasteiger partial charge in [-0.1, -0.05) is 6.92 Å². The highest BCUT2D eigenvalue weighted by Gasteiger charge is 2.30. The number of hydrogen-bond acceptors (Lipinski definition) is 4. The molecule has 0 spiro atoms. The Morgan fingerprint density at radius 2 is 2.18 bits per heavy atom. The van der Waals surface area contributed by atoms with Crippen molar-refractivity contribution in [3.63, 3.8) is 0 Å². The first-order chi connectivity index (χ1) is 8.06. The second-order valence-electron chi connectivity index (χ2n) is 4.39. The van der Waals surface area contributed by atoms with Gasteiger partial charge in [-0.05, 0) is 37.4 Å². The van der Waals surface area contributed by atoms with Gasteiger partial charge in [-0.2, -0.15) is 11.8 Å². The quantitative estimate of drug-likeness (QED) is 0.608. The highest BCUT2D eigenvalue weighted by atomic mass is 32.2. The Morgan fingerprint density at radius 1 is 1.53 bits per heavy atom. The van der Waals surface area contributed by atoms with Gasteiger partial charge in [-0.15, -0.1) is 0 Å². The fourth-order valence-corrected chi connectivity index (χ4v) is 2.15. The Balaban J connectivity index is 2.41. The molecule has 1 amide bonds. The Kier molecular flexibility index (Phi) is 5.77. The molecule has 2 atom stereocenters. The van der Waals surface area contributed by atoms with Crippen LogP contribution in [0.5, 0.6) is 0 Å². The minimum Gasteiger partial charge on any atom is -0.480 e. The first kappa shape index (κ1) is 14.3. The van der Waals surface area contributed by atoms with E-state index in [1.54, 1.807) is 11.8 Å². The number of hydrogen-bond donors (Lipinski definition) is 3. The van der Waals surface area contributed by atoms with Gasteiger partial charge in [0.1, 0.15) is 6.04 Å². The Bertz CT molecular complexity index is 282. The standard InChI is InChI=1S/C11H20N2O3S/c1-7(8-5-12-6-8)10(14)13-9(11(15)16)3-4-17-2/h7-9,12H,3-6H2,1-2H3,(H,13,14)(H,15,16)/t7?,9-/m1/s1. The fraction of sp³-hybridized carbons (Fsp3) is 0.818. The summed E-state index contributed by atoms with van der Waals surface area (Å²) in [6.07, 6.45) is 2.39. The lowest BCUT2D eigenvalue weighted by molar-refractivity contribution is -0.142. The van der Waals surface area contributed by atoms with Gasteiger partial charge in [0.2, 0.25) is 5.91 Å². The molecule has 17 heavy (non-hydrogen) atoms. The molecule has 0 saturated carbocycles. The average molecular weight is 260 g/mol. The maximum atomic E-state index is 11.8. The van der Waals surface area contributed by atoms with Crippen molar-refractivity contribution >= 4 is 23.6 Å². The summed E-state index contributed by atoms with van der Waals surface area (Å²) in [7, 11) is 0. The van der Waals surface area contributed by atoms with Crippen LogP contribution in [0.3, 0.4) is 0 Å². The van der Waals surface area contributed by atoms with Gasteiger partial charge in [-0.25, -0.2) is 4.79 Å². The van der Waals surface area contributed by atoms with Gasteiger partial charge in [0.15, 0.2) is 0 Å². The zero-order valence-electron chi connectivity index (χ0n) is 10.2. The monoisotopic (exact) mass is 260 g/mol. The maximum absolute atomic E-state index is 11.8. The zero-order valence-corrected chi connectivity index (χ0v) is 11.0. The SMILES string of the molecule is CSCC[C@@H](NC(=O)C(C)C1CNC1)C(=O)O. The number of thioether (sulfide) groups is 1. The van der Waals surface area contributed by atoms with E-state index in [2.05, 4.69) is 10.6 Å². The van der Waals surface area contributed by atoms with Crippen LogP contribution >= 0.6 is 11.8 Å². The lowest BCUT2D eigenvalue weighted by atomic mass is 9.88. The highest BCUT2D eigenvalue weighted by molar-refractivity contribution is 7.98. The van der Waals surface area contributed by atoms with Crippen molar-refractivity contribution < 1.29 is 14.7 Å². The second kappa shape index (κ2) is 6.86. The second-order valence-corrected chi connectivity index (χ2v) is 5.37. The van der Waals surface area contributed by atoms with E-state index in [1.165, 1.54) is 0 Å². The van der Waals surface area contributed by atoms with Crippen molar-refractivity contribution in [3.8, 4) is 0 Å². The third kappa shape index (κ3) is 4.20. The van der Waals surface area contributed by atoms with Crippen LogP contribution < -0.4 is 10.6 Å². The van der Waals surface area contributed by atoms with E-state index in [-0.39, 0.29) is 11.8 Å². The molecular formula is C11H20N2O3S. The molecule has 98 valence electrons. The molecule has 1 saturated heterocycles. The normalized spacial score (nSPS) is 19.2. The minimum absolute atomic E-state index is 0.118. The molecular weight excluding hydrogens is 240 g/mol. The molecule has 0 aromatic rings. The number of carboxylic acid groups (broad SMARTS) is 1. The van der Waals surface area contributed by atoms with Crippen LogP contribution in [0.4, 0.5) is 0 Å². The summed E-state index contributed by atoms with van der Waals surface area (Å²) in [5.41, 5.74) is 0. The van der Waals surface area contributed by atoms with Crippen molar-refractivity contribution in [2.45, 2.75) is 19.4 Å². The van der Waals surface area contributed by atoms with Crippen LogP contribution in [0, 0.1) is 11.8 Å². The Labute approximate surface area is 106 Å². The molecule has 1 aliphatic heterocycles. The van der Waals surface area contributed by atoms with Crippen LogP contribution in [0.2, 0.25) is 0 Å². The highest BCUT2D eigenvalue weighted by Crippen LogP contribution is 2.16. The van der Waals surface area contributed by atoms with E-state index in [0.717, 1.165) is 18.8 Å². The molecule has 6 heteroatoms. The summed E-state index contributed by atoms with van der Waals surface area (Å²) < 4.78 is 0. The van der Waals surface area contributed by atoms with Gasteiger partial charge >= 0.3 is 5.97 Å². The summed E-state index contributed by atoms with van der Waals surface area (Å²) in [5.74, 6) is -0.148. The molecule has 5 nitrogen and oxygen atoms in total. The van der Waals surface area contributed by atoms with Crippen molar-refractivity contribution in [2.24, 2.45) is 11.8 Å². The molecule has 1 fully saturated rings. The third-order valence-corrected chi connectivity index (χ3v) is 3.80. The average Bonchev–Trinajstić information content (AvgIpc) is 2.20. The summed E-state index contributed by atoms with van der Waals surface area (Å²) in [6, 6.07) is -0.759. The Morgan fingerprint density at radius 3 is 2.59 bits per heavy atom. The Hall–Kier alpha value is -0.750. The van der Waals surface area contributed by atoms with Crippen LogP contribution in [-0.2, 0) is 9.59 Å². The lowest BCUT2D eigenvalue weighted by Gasteiger charge is -2.32. The maximum Gasteiger partial charge on any atom is 0.326 e. The summed E-state index contributed by atoms with van der Waals surface area (Å²) >= 11 is 1.58. The van der Waals surface area contributed by atoms with Crippen molar-refractivity contribution in [1.29, 1.82) is 0 Å². The first-order valence-corrected chi connectivity index (χ1v) is 7.18. The topological polar surface area (TPSA) is 78.4 Å². The molecule has 0 aliphatic carbocycles. The van der Waals surface area contributed by atoms with Crippen LogP contribution in [0.25, 0.3) is 0 Å². The number of carboxylic acids is 1. The number of nitrogens with one attached hydrogen (secondary N) is 2. The van der Waals surface area contributed by atoms with E-state index >= 15 is 0 Å². The molecule has 1 aliphatic rings. The van der Waals surface area contributed by atoms with Crippen LogP contribution in [-0.4, -0.2) is 48.1 Å². The van der Waals surface area contributed by atoms with Gasteiger partial charge < -0.3 is 15.7 Å². The molecule has 0 bridgehead atoms. The van der Waals surface area contributed by atoms with E-state index in [9.17, 15) is 9.59 Å². The number of carbonyl (C=O) groups excluding carboxylic acids is 1. The van der Waals surface area contributed by atoms with E-state index < -0.39 is 12.0 Å². The number of amides is 1. The smallest absolute Gasteiger partial charge is 0.326 e.